The van der Waals surface area contributed by atoms with Gasteiger partial charge in [-0.2, -0.15) is 4.31 Å². The molecule has 0 amide bonds. The van der Waals surface area contributed by atoms with E-state index in [4.69, 9.17) is 11.6 Å². The molecule has 0 spiro atoms. The van der Waals surface area contributed by atoms with Gasteiger partial charge in [-0.25, -0.2) is 17.8 Å². The van der Waals surface area contributed by atoms with Gasteiger partial charge in [0.15, 0.2) is 0 Å². The molecule has 156 valence electrons. The molecule has 1 fully saturated rings. The zero-order valence-electron chi connectivity index (χ0n) is 15.5. The molecule has 10 heteroatoms. The number of halogens is 3. The minimum absolute atomic E-state index is 0.0383. The molecule has 0 saturated carbocycles. The lowest BCUT2D eigenvalue weighted by Crippen LogP contribution is -2.38. The van der Waals surface area contributed by atoms with Crippen LogP contribution in [0.2, 0.25) is 5.02 Å². The third-order valence-electron chi connectivity index (χ3n) is 4.90. The van der Waals surface area contributed by atoms with Crippen molar-refractivity contribution >= 4 is 43.3 Å². The standard InChI is InChI=1S/C20H16BrClFN3O3S/c21-15-3-1-12(9-17(15)23)18-11-24-20(25-18)13-2-4-16(22)19(10-13)30(28,29)26-7-5-14(27)6-8-26/h1-4,9-11H,5-8H2,(H,24,25). The molecule has 2 aromatic carbocycles. The summed E-state index contributed by atoms with van der Waals surface area (Å²) in [5.41, 5.74) is 1.62. The number of H-pyrrole nitrogens is 1. The minimum atomic E-state index is -3.85. The van der Waals surface area contributed by atoms with Gasteiger partial charge in [0.1, 0.15) is 22.3 Å². The van der Waals surface area contributed by atoms with Crippen molar-refractivity contribution < 1.29 is 17.6 Å². The lowest BCUT2D eigenvalue weighted by Gasteiger charge is -2.25. The number of Topliss-reactive ketones (excluding diaryl/α,β-unsaturated/α-hetero) is 1. The number of hydrogen-bond acceptors (Lipinski definition) is 4. The number of rotatable bonds is 4. The van der Waals surface area contributed by atoms with E-state index in [0.717, 1.165) is 0 Å². The van der Waals surface area contributed by atoms with Crippen LogP contribution in [0.15, 0.2) is 52.0 Å². The van der Waals surface area contributed by atoms with Gasteiger partial charge in [0.2, 0.25) is 10.0 Å². The highest BCUT2D eigenvalue weighted by atomic mass is 79.9. The van der Waals surface area contributed by atoms with Crippen LogP contribution in [-0.2, 0) is 14.8 Å². The zero-order valence-corrected chi connectivity index (χ0v) is 18.7. The van der Waals surface area contributed by atoms with Crippen molar-refractivity contribution in [1.82, 2.24) is 14.3 Å². The Labute approximate surface area is 186 Å². The van der Waals surface area contributed by atoms with Crippen molar-refractivity contribution in [2.24, 2.45) is 0 Å². The summed E-state index contributed by atoms with van der Waals surface area (Å²) in [4.78, 5) is 18.9. The fourth-order valence-corrected chi connectivity index (χ4v) is 5.42. The quantitative estimate of drug-likeness (QED) is 0.551. The van der Waals surface area contributed by atoms with Crippen LogP contribution in [0.4, 0.5) is 4.39 Å². The largest absolute Gasteiger partial charge is 0.344 e. The molecule has 30 heavy (non-hydrogen) atoms. The average Bonchev–Trinajstić information content (AvgIpc) is 3.21. The molecule has 1 saturated heterocycles. The number of aromatic nitrogens is 2. The summed E-state index contributed by atoms with van der Waals surface area (Å²) in [5.74, 6) is 0.0704. The molecule has 6 nitrogen and oxygen atoms in total. The highest BCUT2D eigenvalue weighted by molar-refractivity contribution is 9.10. The van der Waals surface area contributed by atoms with Crippen molar-refractivity contribution in [2.75, 3.05) is 13.1 Å². The zero-order chi connectivity index (χ0) is 21.5. The molecule has 0 bridgehead atoms. The molecule has 3 aromatic rings. The fraction of sp³-hybridized carbons (Fsp3) is 0.200. The Balaban J connectivity index is 1.68. The van der Waals surface area contributed by atoms with E-state index in [2.05, 4.69) is 25.9 Å². The maximum Gasteiger partial charge on any atom is 0.244 e. The van der Waals surface area contributed by atoms with Crippen LogP contribution in [0.5, 0.6) is 0 Å². The molecule has 0 unspecified atom stereocenters. The number of imidazole rings is 1. The number of nitrogens with zero attached hydrogens (tertiary/aromatic N) is 2. The lowest BCUT2D eigenvalue weighted by molar-refractivity contribution is -0.120. The maximum atomic E-state index is 13.8. The van der Waals surface area contributed by atoms with Crippen molar-refractivity contribution in [3.8, 4) is 22.6 Å². The van der Waals surface area contributed by atoms with Gasteiger partial charge in [-0.1, -0.05) is 17.7 Å². The van der Waals surface area contributed by atoms with Gasteiger partial charge in [-0.15, -0.1) is 0 Å². The van der Waals surface area contributed by atoms with Crippen molar-refractivity contribution in [2.45, 2.75) is 17.7 Å². The molecule has 0 atom stereocenters. The predicted octanol–water partition coefficient (Wildman–Crippen LogP) is 4.65. The first-order chi connectivity index (χ1) is 14.3. The van der Waals surface area contributed by atoms with Crippen LogP contribution in [0.25, 0.3) is 22.6 Å². The summed E-state index contributed by atoms with van der Waals surface area (Å²) >= 11 is 9.32. The van der Waals surface area contributed by atoms with Crippen LogP contribution in [0.1, 0.15) is 12.8 Å². The Hall–Kier alpha value is -2.07. The first-order valence-electron chi connectivity index (χ1n) is 9.08. The van der Waals surface area contributed by atoms with Gasteiger partial charge in [-0.05, 0) is 46.3 Å². The molecule has 1 N–H and O–H groups in total. The molecule has 4 rings (SSSR count). The van der Waals surface area contributed by atoms with Crippen molar-refractivity contribution in [3.05, 3.63) is 57.9 Å². The lowest BCUT2D eigenvalue weighted by atomic mass is 10.1. The summed E-state index contributed by atoms with van der Waals surface area (Å²) in [7, 11) is -3.85. The van der Waals surface area contributed by atoms with Crippen molar-refractivity contribution in [1.29, 1.82) is 0 Å². The Bertz CT molecular complexity index is 1240. The second-order valence-electron chi connectivity index (χ2n) is 6.85. The highest BCUT2D eigenvalue weighted by Gasteiger charge is 2.30. The van der Waals surface area contributed by atoms with E-state index in [9.17, 15) is 17.6 Å². The molecular formula is C20H16BrClFN3O3S. The second-order valence-corrected chi connectivity index (χ2v) is 10.0. The number of carbonyl (C=O) groups excluding carboxylic acids is 1. The number of carbonyl (C=O) groups is 1. The smallest absolute Gasteiger partial charge is 0.244 e. The molecule has 0 aliphatic carbocycles. The number of ketones is 1. The first kappa shape index (κ1) is 21.2. The molecule has 1 aliphatic heterocycles. The number of sulfonamides is 1. The van der Waals surface area contributed by atoms with Crippen molar-refractivity contribution in [3.63, 3.8) is 0 Å². The van der Waals surface area contributed by atoms with E-state index in [1.54, 1.807) is 24.4 Å². The third-order valence-corrected chi connectivity index (χ3v) is 7.92. The van der Waals surface area contributed by atoms with Gasteiger partial charge in [-0.3, -0.25) is 4.79 Å². The summed E-state index contributed by atoms with van der Waals surface area (Å²) in [6.45, 7) is 0.281. The normalized spacial score (nSPS) is 15.5. The Morgan fingerprint density at radius 2 is 1.80 bits per heavy atom. The van der Waals surface area contributed by atoms with Gasteiger partial charge in [0, 0.05) is 43.3 Å². The molecular weight excluding hydrogens is 497 g/mol. The van der Waals surface area contributed by atoms with E-state index in [-0.39, 0.29) is 41.6 Å². The monoisotopic (exact) mass is 511 g/mol. The number of benzene rings is 2. The molecule has 1 aromatic heterocycles. The Kier molecular flexibility index (Phi) is 5.80. The van der Waals surface area contributed by atoms with E-state index in [1.165, 1.54) is 22.5 Å². The van der Waals surface area contributed by atoms with Gasteiger partial charge >= 0.3 is 0 Å². The van der Waals surface area contributed by atoms with Gasteiger partial charge in [0.25, 0.3) is 0 Å². The third kappa shape index (κ3) is 4.07. The predicted molar refractivity (Wildman–Crippen MR) is 115 cm³/mol. The number of nitrogens with one attached hydrogen (secondary N) is 1. The van der Waals surface area contributed by atoms with E-state index in [1.807, 2.05) is 0 Å². The van der Waals surface area contributed by atoms with Crippen LogP contribution in [-0.4, -0.2) is 41.6 Å². The minimum Gasteiger partial charge on any atom is -0.344 e. The topological polar surface area (TPSA) is 83.1 Å². The fourth-order valence-electron chi connectivity index (χ4n) is 3.24. The first-order valence-corrected chi connectivity index (χ1v) is 11.7. The van der Waals surface area contributed by atoms with E-state index < -0.39 is 15.8 Å². The summed E-state index contributed by atoms with van der Waals surface area (Å²) in [6.07, 6.45) is 2.01. The summed E-state index contributed by atoms with van der Waals surface area (Å²) in [5, 5.41) is 0.0948. The van der Waals surface area contributed by atoms with E-state index >= 15 is 0 Å². The second kappa shape index (κ2) is 8.22. The Morgan fingerprint density at radius 1 is 1.10 bits per heavy atom. The van der Waals surface area contributed by atoms with Gasteiger partial charge < -0.3 is 4.98 Å². The average molecular weight is 513 g/mol. The summed E-state index contributed by atoms with van der Waals surface area (Å²) in [6, 6.07) is 9.29. The molecule has 2 heterocycles. The van der Waals surface area contributed by atoms with Crippen LogP contribution in [0, 0.1) is 5.82 Å². The van der Waals surface area contributed by atoms with Crippen LogP contribution in [0.3, 0.4) is 0 Å². The molecule has 0 radical (unpaired) electrons. The maximum absolute atomic E-state index is 13.8. The summed E-state index contributed by atoms with van der Waals surface area (Å²) < 4.78 is 41.6. The van der Waals surface area contributed by atoms with Crippen LogP contribution < -0.4 is 0 Å². The molecule has 1 aliphatic rings. The number of piperidine rings is 1. The van der Waals surface area contributed by atoms with Gasteiger partial charge in [0.05, 0.1) is 15.2 Å². The van der Waals surface area contributed by atoms with E-state index in [0.29, 0.717) is 27.1 Å². The number of hydrogen-bond donors (Lipinski definition) is 1. The number of aromatic amines is 1. The SMILES string of the molecule is O=C1CCN(S(=O)(=O)c2cc(-c3nc(-c4ccc(Br)c(F)c4)c[nH]3)ccc2Cl)CC1. The van der Waals surface area contributed by atoms with Crippen LogP contribution >= 0.6 is 27.5 Å². The Morgan fingerprint density at radius 3 is 2.50 bits per heavy atom. The highest BCUT2D eigenvalue weighted by Crippen LogP contribution is 2.31.